The fourth-order valence-electron chi connectivity index (χ4n) is 6.32. The number of para-hydroxylation sites is 2. The highest BCUT2D eigenvalue weighted by molar-refractivity contribution is 6.21. The largest absolute Gasteiger partial charge is 0.511 e. The summed E-state index contributed by atoms with van der Waals surface area (Å²) < 4.78 is 16.3. The number of fused-ring (bicyclic) bond motifs is 2. The Kier molecular flexibility index (Phi) is 10.4. The molecule has 8 aromatic rings. The third-order valence-corrected chi connectivity index (χ3v) is 8.91. The van der Waals surface area contributed by atoms with Gasteiger partial charge in [0.2, 0.25) is 0 Å². The van der Waals surface area contributed by atoms with E-state index in [1.807, 2.05) is 24.3 Å². The predicted octanol–water partition coefficient (Wildman–Crippen LogP) is 11.2. The Morgan fingerprint density at radius 2 is 0.875 bits per heavy atom. The van der Waals surface area contributed by atoms with Gasteiger partial charge in [-0.05, 0) is 117 Å². The molecule has 0 unspecified atom stereocenters. The van der Waals surface area contributed by atoms with Crippen molar-refractivity contribution in [1.82, 2.24) is 0 Å². The van der Waals surface area contributed by atoms with Crippen molar-refractivity contribution < 1.29 is 39.1 Å². The maximum absolute atomic E-state index is 11.2. The summed E-state index contributed by atoms with van der Waals surface area (Å²) in [4.78, 5) is 21.2. The van der Waals surface area contributed by atoms with Gasteiger partial charge in [-0.15, -0.1) is 0 Å². The molecular formula is C46H34N2O8. The number of carbonyl (C=O) groups is 2. The summed E-state index contributed by atoms with van der Waals surface area (Å²) in [7, 11) is 0. The number of hydrogen-bond donors (Lipinski definition) is 5. The average molecular weight is 743 g/mol. The van der Waals surface area contributed by atoms with Crippen molar-refractivity contribution in [3.8, 4) is 56.8 Å². The summed E-state index contributed by atoms with van der Waals surface area (Å²) in [6.07, 6.45) is -1.36. The minimum Gasteiger partial charge on any atom is -0.506 e. The number of phenols is 1. The lowest BCUT2D eigenvalue weighted by Gasteiger charge is -2.18. The lowest BCUT2D eigenvalue weighted by atomic mass is 9.86. The Morgan fingerprint density at radius 1 is 0.464 bits per heavy atom. The maximum Gasteiger partial charge on any atom is 0.511 e. The van der Waals surface area contributed by atoms with Crippen molar-refractivity contribution in [2.75, 3.05) is 11.5 Å². The van der Waals surface area contributed by atoms with Gasteiger partial charge in [-0.25, -0.2) is 9.59 Å². The highest BCUT2D eigenvalue weighted by atomic mass is 16.7. The first-order valence-electron chi connectivity index (χ1n) is 17.3. The minimum atomic E-state index is -1.36. The van der Waals surface area contributed by atoms with Gasteiger partial charge in [-0.1, -0.05) is 84.9 Å². The zero-order valence-electron chi connectivity index (χ0n) is 29.6. The van der Waals surface area contributed by atoms with Crippen LogP contribution in [0.4, 0.5) is 16.2 Å². The third kappa shape index (κ3) is 7.99. The molecule has 10 heteroatoms. The van der Waals surface area contributed by atoms with Crippen LogP contribution in [0.2, 0.25) is 0 Å². The first-order valence-corrected chi connectivity index (χ1v) is 17.3. The summed E-state index contributed by atoms with van der Waals surface area (Å²) in [6.45, 7) is 0. The van der Waals surface area contributed by atoms with Gasteiger partial charge in [0.15, 0.2) is 5.75 Å². The molecule has 0 saturated carbocycles. The van der Waals surface area contributed by atoms with Crippen molar-refractivity contribution in [2.24, 2.45) is 0 Å². The molecule has 276 valence electrons. The third-order valence-electron chi connectivity index (χ3n) is 8.91. The van der Waals surface area contributed by atoms with Crippen molar-refractivity contribution in [2.45, 2.75) is 0 Å². The Labute approximate surface area is 321 Å². The molecule has 0 bridgehead atoms. The number of carboxylic acids is 1. The number of phenolic OH excluding ortho intramolecular Hbond substituents is 1. The van der Waals surface area contributed by atoms with Crippen molar-refractivity contribution >= 4 is 45.0 Å². The number of rotatable bonds is 8. The summed E-state index contributed by atoms with van der Waals surface area (Å²) in [5.74, 6) is 1.55. The summed E-state index contributed by atoms with van der Waals surface area (Å²) >= 11 is 0. The molecule has 0 heterocycles. The molecule has 0 saturated heterocycles. The highest BCUT2D eigenvalue weighted by Crippen LogP contribution is 2.44. The van der Waals surface area contributed by atoms with Crippen LogP contribution in [0.3, 0.4) is 0 Å². The first-order chi connectivity index (χ1) is 27.1. The monoisotopic (exact) mass is 742 g/mol. The van der Waals surface area contributed by atoms with Gasteiger partial charge >= 0.3 is 12.1 Å². The second kappa shape index (κ2) is 15.9. The number of hydrogen-bond acceptors (Lipinski definition) is 8. The SMILES string of the molecule is Nc1ccc(Oc2ccc(-c3c4ccccc4c(-c4ccc(Oc5ccc(C(=O)O)cc5)cc4)c4ccccc34)cc2)cc1O.Nc1ccccc1OC(=O)O. The molecule has 0 amide bonds. The highest BCUT2D eigenvalue weighted by Gasteiger charge is 2.17. The smallest absolute Gasteiger partial charge is 0.506 e. The number of nitrogen functional groups attached to an aromatic ring is 2. The van der Waals surface area contributed by atoms with Crippen LogP contribution in [0.5, 0.6) is 34.5 Å². The Hall–Kier alpha value is -7.98. The lowest BCUT2D eigenvalue weighted by molar-refractivity contribution is 0.0696. The minimum absolute atomic E-state index is 0.0170. The van der Waals surface area contributed by atoms with Gasteiger partial charge in [-0.3, -0.25) is 0 Å². The molecule has 8 aromatic carbocycles. The molecule has 7 N–H and O–H groups in total. The van der Waals surface area contributed by atoms with Crippen molar-refractivity contribution in [1.29, 1.82) is 0 Å². The van der Waals surface area contributed by atoms with Crippen LogP contribution in [0, 0.1) is 0 Å². The van der Waals surface area contributed by atoms with E-state index in [1.165, 1.54) is 24.3 Å². The summed E-state index contributed by atoms with van der Waals surface area (Å²) in [6, 6.07) is 50.3. The molecule has 8 rings (SSSR count). The molecule has 0 aliphatic carbocycles. The van der Waals surface area contributed by atoms with Crippen LogP contribution < -0.4 is 25.7 Å². The Balaban J connectivity index is 0.000000378. The van der Waals surface area contributed by atoms with E-state index in [9.17, 15) is 14.7 Å². The second-order valence-corrected chi connectivity index (χ2v) is 12.5. The van der Waals surface area contributed by atoms with Crippen LogP contribution in [0.1, 0.15) is 10.4 Å². The predicted molar refractivity (Wildman–Crippen MR) is 218 cm³/mol. The fraction of sp³-hybridized carbons (Fsp3) is 0. The van der Waals surface area contributed by atoms with Crippen LogP contribution >= 0.6 is 0 Å². The molecule has 10 nitrogen and oxygen atoms in total. The Bertz CT molecular complexity index is 2640. The van der Waals surface area contributed by atoms with Gasteiger partial charge in [0.25, 0.3) is 0 Å². The number of aromatic carboxylic acids is 1. The van der Waals surface area contributed by atoms with Crippen LogP contribution in [-0.4, -0.2) is 27.4 Å². The van der Waals surface area contributed by atoms with Crippen molar-refractivity contribution in [3.05, 3.63) is 169 Å². The van der Waals surface area contributed by atoms with E-state index in [4.69, 9.17) is 31.2 Å². The van der Waals surface area contributed by atoms with Crippen LogP contribution in [0.25, 0.3) is 43.8 Å². The van der Waals surface area contributed by atoms with E-state index in [-0.39, 0.29) is 17.1 Å². The molecular weight excluding hydrogens is 709 g/mol. The molecule has 0 fully saturated rings. The maximum atomic E-state index is 11.2. The van der Waals surface area contributed by atoms with E-state index in [2.05, 4.69) is 77.5 Å². The quantitative estimate of drug-likeness (QED) is 0.0331. The van der Waals surface area contributed by atoms with E-state index < -0.39 is 12.1 Å². The number of ether oxygens (including phenoxy) is 3. The molecule has 56 heavy (non-hydrogen) atoms. The fourth-order valence-corrected chi connectivity index (χ4v) is 6.32. The molecule has 0 aromatic heterocycles. The lowest BCUT2D eigenvalue weighted by Crippen LogP contribution is -2.04. The molecule has 0 radical (unpaired) electrons. The van der Waals surface area contributed by atoms with Gasteiger partial charge in [0.1, 0.15) is 28.7 Å². The van der Waals surface area contributed by atoms with Gasteiger partial charge in [0.05, 0.1) is 16.9 Å². The normalized spacial score (nSPS) is 10.6. The first kappa shape index (κ1) is 36.4. The van der Waals surface area contributed by atoms with Gasteiger partial charge in [-0.2, -0.15) is 0 Å². The zero-order chi connectivity index (χ0) is 39.2. The summed E-state index contributed by atoms with van der Waals surface area (Å²) in [5.41, 5.74) is 16.3. The molecule has 0 atom stereocenters. The topological polar surface area (TPSA) is 175 Å². The number of aromatic hydroxyl groups is 1. The van der Waals surface area contributed by atoms with Gasteiger partial charge < -0.3 is 41.0 Å². The van der Waals surface area contributed by atoms with Crippen LogP contribution in [-0.2, 0) is 0 Å². The Morgan fingerprint density at radius 3 is 1.30 bits per heavy atom. The zero-order valence-corrected chi connectivity index (χ0v) is 29.6. The van der Waals surface area contributed by atoms with E-state index >= 15 is 0 Å². The number of carboxylic acid groups (broad SMARTS) is 2. The van der Waals surface area contributed by atoms with E-state index in [0.717, 1.165) is 43.8 Å². The summed E-state index contributed by atoms with van der Waals surface area (Å²) in [5, 5.41) is 31.8. The molecule has 0 spiro atoms. The second-order valence-electron chi connectivity index (χ2n) is 12.5. The number of anilines is 2. The standard InChI is InChI=1S/C39H27NO5.C7H7NO3/c40-35-22-21-30(23-36(35)41)45-29-17-11-25(12-18-29)38-33-7-3-1-5-31(33)37(32-6-2-4-8-34(32)38)24-9-15-27(16-10-24)44-28-19-13-26(14-20-28)39(42)43;8-5-3-1-2-4-6(5)11-7(9)10/h1-23,41H,40H2,(H,42,43);1-4H,8H2,(H,9,10). The number of benzene rings is 8. The number of nitrogens with two attached hydrogens (primary N) is 2. The van der Waals surface area contributed by atoms with Crippen LogP contribution in [0.15, 0.2) is 164 Å². The van der Waals surface area contributed by atoms with Gasteiger partial charge in [0, 0.05) is 6.07 Å². The van der Waals surface area contributed by atoms with E-state index in [1.54, 1.807) is 42.5 Å². The van der Waals surface area contributed by atoms with Crippen molar-refractivity contribution in [3.63, 3.8) is 0 Å². The average Bonchev–Trinajstić information content (AvgIpc) is 3.20. The molecule has 0 aliphatic heterocycles. The van der Waals surface area contributed by atoms with E-state index in [0.29, 0.717) is 34.4 Å². The molecule has 0 aliphatic rings.